The number of nitrogens with one attached hydrogen (secondary N) is 2. The number of benzene rings is 2. The Morgan fingerprint density at radius 1 is 1.30 bits per heavy atom. The quantitative estimate of drug-likeness (QED) is 0.793. The number of rotatable bonds is 5. The average molecular weight is 408 g/mol. The minimum absolute atomic E-state index is 0.0371. The van der Waals surface area contributed by atoms with Gasteiger partial charge in [0.05, 0.1) is 21.6 Å². The maximum Gasteiger partial charge on any atom is 0.234 e. The molecule has 1 atom stereocenters. The summed E-state index contributed by atoms with van der Waals surface area (Å²) in [5, 5.41) is 4.15. The van der Waals surface area contributed by atoms with Crippen molar-refractivity contribution >= 4 is 44.8 Å². The molecule has 0 saturated heterocycles. The maximum atomic E-state index is 13.2. The summed E-state index contributed by atoms with van der Waals surface area (Å²) in [5.41, 5.74) is 0.715. The monoisotopic (exact) mass is 408 g/mol. The van der Waals surface area contributed by atoms with Crippen molar-refractivity contribution in [3.8, 4) is 0 Å². The predicted octanol–water partition coefficient (Wildman–Crippen LogP) is 3.06. The molecular weight excluding hydrogens is 391 g/mol. The highest BCUT2D eigenvalue weighted by Crippen LogP contribution is 2.34. The molecule has 0 fully saturated rings. The summed E-state index contributed by atoms with van der Waals surface area (Å²) in [5.74, 6) is -0.930. The molecule has 2 N–H and O–H groups in total. The Bertz CT molecular complexity index is 1010. The molecule has 2 amide bonds. The second-order valence-corrected chi connectivity index (χ2v) is 9.50. The molecule has 0 radical (unpaired) electrons. The molecule has 27 heavy (non-hydrogen) atoms. The van der Waals surface area contributed by atoms with E-state index in [1.807, 2.05) is 0 Å². The minimum atomic E-state index is -3.78. The molecule has 0 aliphatic carbocycles. The van der Waals surface area contributed by atoms with Crippen LogP contribution in [0, 0.1) is 5.82 Å². The number of thioether (sulfide) groups is 1. The first-order valence-electron chi connectivity index (χ1n) is 8.12. The van der Waals surface area contributed by atoms with Crippen molar-refractivity contribution in [3.05, 3.63) is 48.3 Å². The molecule has 9 heteroatoms. The van der Waals surface area contributed by atoms with Gasteiger partial charge in [0.1, 0.15) is 5.82 Å². The normalized spacial score (nSPS) is 14.8. The minimum Gasteiger partial charge on any atom is -0.326 e. The van der Waals surface area contributed by atoms with Crippen LogP contribution in [0.3, 0.4) is 0 Å². The number of hydrogen-bond donors (Lipinski definition) is 2. The fraction of sp³-hybridized carbons (Fsp3) is 0.222. The lowest BCUT2D eigenvalue weighted by atomic mass is 10.2. The zero-order valence-corrected chi connectivity index (χ0v) is 16.0. The molecule has 2 aromatic rings. The summed E-state index contributed by atoms with van der Waals surface area (Å²) in [6, 6.07) is 9.90. The Balaban J connectivity index is 1.73. The number of anilines is 2. The van der Waals surface area contributed by atoms with Gasteiger partial charge in [0.15, 0.2) is 9.84 Å². The zero-order valence-electron chi connectivity index (χ0n) is 14.4. The van der Waals surface area contributed by atoms with Crippen LogP contribution in [0.5, 0.6) is 0 Å². The van der Waals surface area contributed by atoms with E-state index in [0.717, 1.165) is 11.0 Å². The number of carbonyl (C=O) groups excluding carboxylic acids is 2. The van der Waals surface area contributed by atoms with Crippen LogP contribution in [0.25, 0.3) is 0 Å². The largest absolute Gasteiger partial charge is 0.326 e. The van der Waals surface area contributed by atoms with E-state index in [1.165, 1.54) is 49.0 Å². The Kier molecular flexibility index (Phi) is 5.52. The summed E-state index contributed by atoms with van der Waals surface area (Å²) < 4.78 is 38.7. The molecule has 6 nitrogen and oxygen atoms in total. The summed E-state index contributed by atoms with van der Waals surface area (Å²) >= 11 is 1.34. The molecule has 0 unspecified atom stereocenters. The lowest BCUT2D eigenvalue weighted by molar-refractivity contribution is -0.116. The van der Waals surface area contributed by atoms with Crippen molar-refractivity contribution < 1.29 is 22.4 Å². The highest BCUT2D eigenvalue weighted by Gasteiger charge is 2.27. The number of sulfone groups is 1. The number of amides is 2. The molecule has 142 valence electrons. The SMILES string of the molecule is C[C@H](CC(=O)Nc1cccc(F)c1)S(=O)(=O)c1ccc2c(c1)NC(=O)CS2. The van der Waals surface area contributed by atoms with Crippen molar-refractivity contribution in [1.29, 1.82) is 0 Å². The van der Waals surface area contributed by atoms with Crippen molar-refractivity contribution in [2.24, 2.45) is 0 Å². The maximum absolute atomic E-state index is 13.2. The molecule has 2 aromatic carbocycles. The second kappa shape index (κ2) is 7.69. The smallest absolute Gasteiger partial charge is 0.234 e. The molecule has 1 aliphatic heterocycles. The number of fused-ring (bicyclic) bond motifs is 1. The van der Waals surface area contributed by atoms with E-state index in [2.05, 4.69) is 10.6 Å². The van der Waals surface area contributed by atoms with Crippen LogP contribution in [0.2, 0.25) is 0 Å². The van der Waals surface area contributed by atoms with Gasteiger partial charge >= 0.3 is 0 Å². The topological polar surface area (TPSA) is 92.3 Å². The van der Waals surface area contributed by atoms with Gasteiger partial charge in [0.2, 0.25) is 11.8 Å². The van der Waals surface area contributed by atoms with E-state index in [9.17, 15) is 22.4 Å². The van der Waals surface area contributed by atoms with Gasteiger partial charge in [-0.1, -0.05) is 6.07 Å². The van der Waals surface area contributed by atoms with Gasteiger partial charge in [-0.15, -0.1) is 11.8 Å². The van der Waals surface area contributed by atoms with Crippen LogP contribution in [0.4, 0.5) is 15.8 Å². The lowest BCUT2D eigenvalue weighted by Gasteiger charge is -2.18. The van der Waals surface area contributed by atoms with E-state index in [1.54, 1.807) is 6.07 Å². The number of carbonyl (C=O) groups is 2. The van der Waals surface area contributed by atoms with Gasteiger partial charge in [-0.3, -0.25) is 9.59 Å². The standard InChI is InChI=1S/C18H17FN2O4S2/c1-11(7-17(22)20-13-4-2-3-12(19)8-13)27(24,25)14-5-6-16-15(9-14)21-18(23)10-26-16/h2-6,8-9,11H,7,10H2,1H3,(H,20,22)(H,21,23)/t11-/m1/s1. The number of halogens is 1. The summed E-state index contributed by atoms with van der Waals surface area (Å²) in [7, 11) is -3.78. The fourth-order valence-electron chi connectivity index (χ4n) is 2.62. The van der Waals surface area contributed by atoms with Crippen LogP contribution >= 0.6 is 11.8 Å². The summed E-state index contributed by atoms with van der Waals surface area (Å²) in [6.45, 7) is 1.44. The summed E-state index contributed by atoms with van der Waals surface area (Å²) in [4.78, 5) is 24.5. The van der Waals surface area contributed by atoms with Crippen molar-refractivity contribution in [1.82, 2.24) is 0 Å². The predicted molar refractivity (Wildman–Crippen MR) is 102 cm³/mol. The Morgan fingerprint density at radius 2 is 2.07 bits per heavy atom. The highest BCUT2D eigenvalue weighted by molar-refractivity contribution is 8.00. The first-order chi connectivity index (χ1) is 12.8. The zero-order chi connectivity index (χ0) is 19.6. The molecule has 3 rings (SSSR count). The Labute approximate surface area is 160 Å². The molecule has 0 aromatic heterocycles. The summed E-state index contributed by atoms with van der Waals surface area (Å²) in [6.07, 6.45) is -0.281. The van der Waals surface area contributed by atoms with Gasteiger partial charge in [-0.2, -0.15) is 0 Å². The van der Waals surface area contributed by atoms with E-state index >= 15 is 0 Å². The van der Waals surface area contributed by atoms with Crippen LogP contribution < -0.4 is 10.6 Å². The average Bonchev–Trinajstić information content (AvgIpc) is 2.60. The van der Waals surface area contributed by atoms with Gasteiger partial charge in [-0.25, -0.2) is 12.8 Å². The van der Waals surface area contributed by atoms with Gasteiger partial charge in [-0.05, 0) is 43.3 Å². The molecule has 1 aliphatic rings. The van der Waals surface area contributed by atoms with Crippen molar-refractivity contribution in [3.63, 3.8) is 0 Å². The van der Waals surface area contributed by atoms with E-state index in [-0.39, 0.29) is 28.7 Å². The van der Waals surface area contributed by atoms with Crippen LogP contribution in [-0.4, -0.2) is 31.2 Å². The van der Waals surface area contributed by atoms with Crippen LogP contribution in [0.1, 0.15) is 13.3 Å². The van der Waals surface area contributed by atoms with E-state index in [0.29, 0.717) is 5.69 Å². The first-order valence-corrected chi connectivity index (χ1v) is 10.6. The van der Waals surface area contributed by atoms with E-state index < -0.39 is 26.8 Å². The van der Waals surface area contributed by atoms with Gasteiger partial charge in [0.25, 0.3) is 0 Å². The third-order valence-electron chi connectivity index (χ3n) is 4.02. The van der Waals surface area contributed by atoms with Crippen LogP contribution in [-0.2, 0) is 19.4 Å². The first kappa shape index (κ1) is 19.4. The molecular formula is C18H17FN2O4S2. The second-order valence-electron chi connectivity index (χ2n) is 6.11. The third kappa shape index (κ3) is 4.48. The van der Waals surface area contributed by atoms with Crippen molar-refractivity contribution in [2.75, 3.05) is 16.4 Å². The van der Waals surface area contributed by atoms with E-state index in [4.69, 9.17) is 0 Å². The van der Waals surface area contributed by atoms with Crippen LogP contribution in [0.15, 0.2) is 52.3 Å². The Morgan fingerprint density at radius 3 is 2.81 bits per heavy atom. The molecule has 0 spiro atoms. The van der Waals surface area contributed by atoms with Gasteiger partial charge in [0, 0.05) is 17.0 Å². The highest BCUT2D eigenvalue weighted by atomic mass is 32.2. The molecule has 1 heterocycles. The third-order valence-corrected chi connectivity index (χ3v) is 7.23. The lowest BCUT2D eigenvalue weighted by Crippen LogP contribution is -2.25. The molecule has 0 saturated carbocycles. The fourth-order valence-corrected chi connectivity index (χ4v) is 4.78. The molecule has 0 bridgehead atoms. The Hall–Kier alpha value is -2.39. The number of hydrogen-bond acceptors (Lipinski definition) is 5. The van der Waals surface area contributed by atoms with Crippen molar-refractivity contribution in [2.45, 2.75) is 28.4 Å². The van der Waals surface area contributed by atoms with Gasteiger partial charge < -0.3 is 10.6 Å².